The van der Waals surface area contributed by atoms with E-state index in [-0.39, 0.29) is 16.9 Å². The second kappa shape index (κ2) is 12.4. The molecular weight excluding hydrogens is 434 g/mol. The van der Waals surface area contributed by atoms with Gasteiger partial charge in [0, 0.05) is 29.8 Å². The van der Waals surface area contributed by atoms with Gasteiger partial charge < -0.3 is 15.4 Å². The van der Waals surface area contributed by atoms with Crippen molar-refractivity contribution >= 4 is 40.5 Å². The van der Waals surface area contributed by atoms with E-state index in [0.717, 1.165) is 12.8 Å². The number of ether oxygens (including phenoxy) is 1. The van der Waals surface area contributed by atoms with Gasteiger partial charge >= 0.3 is 0 Å². The molecule has 0 spiro atoms. The highest BCUT2D eigenvalue weighted by molar-refractivity contribution is 7.80. The molecule has 3 N–H and O–H groups in total. The number of amides is 2. The monoisotopic (exact) mass is 461 g/mol. The summed E-state index contributed by atoms with van der Waals surface area (Å²) in [6.07, 6.45) is 2.06. The van der Waals surface area contributed by atoms with Gasteiger partial charge in [-0.05, 0) is 66.7 Å². The van der Waals surface area contributed by atoms with Crippen LogP contribution in [0.1, 0.15) is 35.7 Å². The lowest BCUT2D eigenvalue weighted by Crippen LogP contribution is -2.34. The summed E-state index contributed by atoms with van der Waals surface area (Å²) in [4.78, 5) is 24.3. The fourth-order valence-electron chi connectivity index (χ4n) is 3.08. The topological polar surface area (TPSA) is 79.5 Å². The number of rotatable bonds is 9. The maximum Gasteiger partial charge on any atom is 0.257 e. The van der Waals surface area contributed by atoms with Gasteiger partial charge in [0.25, 0.3) is 5.91 Å². The molecule has 0 saturated carbocycles. The molecule has 0 aliphatic heterocycles. The van der Waals surface area contributed by atoms with Crippen molar-refractivity contribution in [2.75, 3.05) is 17.2 Å². The molecular formula is C26H27N3O3S. The summed E-state index contributed by atoms with van der Waals surface area (Å²) in [5.41, 5.74) is 3.05. The van der Waals surface area contributed by atoms with Crippen LogP contribution in [0.15, 0.2) is 78.9 Å². The average Bonchev–Trinajstić information content (AvgIpc) is 2.81. The van der Waals surface area contributed by atoms with Crippen LogP contribution >= 0.6 is 12.2 Å². The van der Waals surface area contributed by atoms with Crippen molar-refractivity contribution < 1.29 is 14.3 Å². The molecule has 7 heteroatoms. The normalized spacial score (nSPS) is 10.2. The third-order valence-corrected chi connectivity index (χ3v) is 4.93. The SMILES string of the molecule is CCCC(=O)Nc1ccc(NC(=S)NC(=O)c2cccc(OCCc3ccccc3)c2)cc1. The van der Waals surface area contributed by atoms with Gasteiger partial charge in [-0.25, -0.2) is 0 Å². The first-order valence-corrected chi connectivity index (χ1v) is 11.2. The van der Waals surface area contributed by atoms with Crippen LogP contribution in [0.4, 0.5) is 11.4 Å². The molecule has 6 nitrogen and oxygen atoms in total. The number of thiocarbonyl (C=S) groups is 1. The molecule has 3 rings (SSSR count). The molecule has 170 valence electrons. The molecule has 2 amide bonds. The second-order valence-corrected chi connectivity index (χ2v) is 7.80. The third kappa shape index (κ3) is 8.05. The number of benzene rings is 3. The van der Waals surface area contributed by atoms with Crippen LogP contribution in [0.3, 0.4) is 0 Å². The fourth-order valence-corrected chi connectivity index (χ4v) is 3.29. The Morgan fingerprint density at radius 1 is 0.879 bits per heavy atom. The van der Waals surface area contributed by atoms with Gasteiger partial charge in [0.2, 0.25) is 5.91 Å². The van der Waals surface area contributed by atoms with Crippen molar-refractivity contribution in [2.45, 2.75) is 26.2 Å². The van der Waals surface area contributed by atoms with Gasteiger partial charge in [-0.2, -0.15) is 0 Å². The molecule has 0 bridgehead atoms. The number of anilines is 2. The summed E-state index contributed by atoms with van der Waals surface area (Å²) in [6.45, 7) is 2.47. The van der Waals surface area contributed by atoms with Crippen LogP contribution in [-0.4, -0.2) is 23.5 Å². The summed E-state index contributed by atoms with van der Waals surface area (Å²) >= 11 is 5.26. The molecule has 0 aliphatic carbocycles. The van der Waals surface area contributed by atoms with Gasteiger partial charge in [-0.1, -0.05) is 43.3 Å². The first-order chi connectivity index (χ1) is 16.0. The minimum Gasteiger partial charge on any atom is -0.493 e. The van der Waals surface area contributed by atoms with E-state index in [1.165, 1.54) is 5.56 Å². The lowest BCUT2D eigenvalue weighted by molar-refractivity contribution is -0.116. The summed E-state index contributed by atoms with van der Waals surface area (Å²) in [6, 6.07) is 24.2. The third-order valence-electron chi connectivity index (χ3n) is 4.73. The van der Waals surface area contributed by atoms with Crippen molar-refractivity contribution in [2.24, 2.45) is 0 Å². The molecule has 3 aromatic rings. The zero-order valence-corrected chi connectivity index (χ0v) is 19.3. The van der Waals surface area contributed by atoms with Gasteiger partial charge in [0.1, 0.15) is 5.75 Å². The zero-order chi connectivity index (χ0) is 23.5. The van der Waals surface area contributed by atoms with Crippen molar-refractivity contribution in [1.82, 2.24) is 5.32 Å². The highest BCUT2D eigenvalue weighted by Gasteiger charge is 2.10. The summed E-state index contributed by atoms with van der Waals surface area (Å²) in [5.74, 6) is 0.273. The van der Waals surface area contributed by atoms with Gasteiger partial charge in [-0.15, -0.1) is 0 Å². The molecule has 0 aliphatic rings. The van der Waals surface area contributed by atoms with Crippen LogP contribution in [0.5, 0.6) is 5.75 Å². The van der Waals surface area contributed by atoms with Crippen LogP contribution in [0, 0.1) is 0 Å². The van der Waals surface area contributed by atoms with E-state index in [4.69, 9.17) is 17.0 Å². The quantitative estimate of drug-likeness (QED) is 0.383. The fraction of sp³-hybridized carbons (Fsp3) is 0.192. The van der Waals surface area contributed by atoms with Gasteiger partial charge in [0.15, 0.2) is 5.11 Å². The van der Waals surface area contributed by atoms with Crippen LogP contribution in [0.25, 0.3) is 0 Å². The van der Waals surface area contributed by atoms with Crippen LogP contribution < -0.4 is 20.7 Å². The summed E-state index contributed by atoms with van der Waals surface area (Å²) in [5, 5.41) is 8.65. The molecule has 0 aromatic heterocycles. The molecule has 0 unspecified atom stereocenters. The van der Waals surface area contributed by atoms with Gasteiger partial charge in [0.05, 0.1) is 6.61 Å². The van der Waals surface area contributed by atoms with Gasteiger partial charge in [-0.3, -0.25) is 14.9 Å². The van der Waals surface area contributed by atoms with E-state index < -0.39 is 0 Å². The maximum absolute atomic E-state index is 12.6. The number of hydrogen-bond acceptors (Lipinski definition) is 4. The number of nitrogens with one attached hydrogen (secondary N) is 3. The standard InChI is InChI=1S/C26H27N3O3S/c1-2-7-24(30)27-21-12-14-22(15-13-21)28-26(33)29-25(31)20-10-6-11-23(18-20)32-17-16-19-8-4-3-5-9-19/h3-6,8-15,18H,2,7,16-17H2,1H3,(H,27,30)(H2,28,29,31,33). The molecule has 0 fully saturated rings. The van der Waals surface area contributed by atoms with Crippen molar-refractivity contribution in [1.29, 1.82) is 0 Å². The molecule has 0 saturated heterocycles. The number of hydrogen-bond donors (Lipinski definition) is 3. The molecule has 3 aromatic carbocycles. The van der Waals surface area contributed by atoms with E-state index in [2.05, 4.69) is 28.1 Å². The average molecular weight is 462 g/mol. The van der Waals surface area contributed by atoms with Crippen LogP contribution in [-0.2, 0) is 11.2 Å². The largest absolute Gasteiger partial charge is 0.493 e. The predicted octanol–water partition coefficient (Wildman–Crippen LogP) is 5.17. The van der Waals surface area contributed by atoms with Crippen molar-refractivity contribution in [3.05, 3.63) is 90.0 Å². The molecule has 0 heterocycles. The highest BCUT2D eigenvalue weighted by Crippen LogP contribution is 2.16. The van der Waals surface area contributed by atoms with Crippen molar-refractivity contribution in [3.63, 3.8) is 0 Å². The van der Waals surface area contributed by atoms with E-state index in [1.54, 1.807) is 42.5 Å². The minimum absolute atomic E-state index is 0.0210. The van der Waals surface area contributed by atoms with E-state index in [1.807, 2.05) is 31.2 Å². The maximum atomic E-state index is 12.6. The number of carbonyl (C=O) groups excluding carboxylic acids is 2. The zero-order valence-electron chi connectivity index (χ0n) is 18.5. The Balaban J connectivity index is 1.48. The molecule has 0 radical (unpaired) electrons. The second-order valence-electron chi connectivity index (χ2n) is 7.40. The lowest BCUT2D eigenvalue weighted by Gasteiger charge is -2.12. The lowest BCUT2D eigenvalue weighted by atomic mass is 10.2. The Kier molecular flexibility index (Phi) is 8.97. The Morgan fingerprint density at radius 2 is 1.58 bits per heavy atom. The first-order valence-electron chi connectivity index (χ1n) is 10.8. The van der Waals surface area contributed by atoms with Crippen LogP contribution in [0.2, 0.25) is 0 Å². The Bertz CT molecular complexity index is 1090. The molecule has 33 heavy (non-hydrogen) atoms. The Labute approximate surface area is 199 Å². The summed E-state index contributed by atoms with van der Waals surface area (Å²) < 4.78 is 5.80. The predicted molar refractivity (Wildman–Crippen MR) is 136 cm³/mol. The smallest absolute Gasteiger partial charge is 0.257 e. The van der Waals surface area contributed by atoms with E-state index in [0.29, 0.717) is 35.7 Å². The minimum atomic E-state index is -0.329. The number of carbonyl (C=O) groups is 2. The van der Waals surface area contributed by atoms with E-state index in [9.17, 15) is 9.59 Å². The highest BCUT2D eigenvalue weighted by atomic mass is 32.1. The molecule has 0 atom stereocenters. The first kappa shape index (κ1) is 23.9. The van der Waals surface area contributed by atoms with E-state index >= 15 is 0 Å². The Morgan fingerprint density at radius 3 is 2.27 bits per heavy atom. The summed E-state index contributed by atoms with van der Waals surface area (Å²) in [7, 11) is 0. The van der Waals surface area contributed by atoms with Crippen molar-refractivity contribution in [3.8, 4) is 5.75 Å². The Hall–Kier alpha value is -3.71.